The van der Waals surface area contributed by atoms with Crippen LogP contribution in [0.5, 0.6) is 0 Å². The van der Waals surface area contributed by atoms with E-state index < -0.39 is 17.8 Å². The predicted octanol–water partition coefficient (Wildman–Crippen LogP) is 3.03. The molecule has 160 valence electrons. The number of rotatable bonds is 5. The lowest BCUT2D eigenvalue weighted by molar-refractivity contribution is -0.139. The number of halogens is 1. The summed E-state index contributed by atoms with van der Waals surface area (Å²) in [5.41, 5.74) is 0.352. The summed E-state index contributed by atoms with van der Waals surface area (Å²) in [5, 5.41) is 13.1. The Morgan fingerprint density at radius 1 is 1.10 bits per heavy atom. The Balaban J connectivity index is 2.08. The minimum absolute atomic E-state index is 0.0497. The normalized spacial score (nSPS) is 21.3. The first-order valence-electron chi connectivity index (χ1n) is 9.74. The molecule has 0 unspecified atom stereocenters. The fourth-order valence-corrected chi connectivity index (χ4v) is 3.65. The van der Waals surface area contributed by atoms with Crippen LogP contribution in [-0.4, -0.2) is 43.4 Å². The van der Waals surface area contributed by atoms with Crippen LogP contribution >= 0.6 is 0 Å². The Labute approximate surface area is 174 Å². The van der Waals surface area contributed by atoms with Gasteiger partial charge in [0.1, 0.15) is 17.2 Å². The summed E-state index contributed by atoms with van der Waals surface area (Å²) < 4.78 is 24.7. The van der Waals surface area contributed by atoms with E-state index in [1.165, 1.54) is 37.5 Å². The summed E-state index contributed by atoms with van der Waals surface area (Å²) in [5.74, 6) is -2.12. The maximum absolute atomic E-state index is 15.1. The first-order chi connectivity index (χ1) is 14.5. The highest BCUT2D eigenvalue weighted by Crippen LogP contribution is 2.36. The Kier molecular flexibility index (Phi) is 6.89. The van der Waals surface area contributed by atoms with Gasteiger partial charge in [0.05, 0.1) is 31.6 Å². The van der Waals surface area contributed by atoms with Gasteiger partial charge in [-0.3, -0.25) is 0 Å². The van der Waals surface area contributed by atoms with Gasteiger partial charge in [0.15, 0.2) is 0 Å². The minimum atomic E-state index is -0.804. The number of methoxy groups -OCH3 is 2. The summed E-state index contributed by atoms with van der Waals surface area (Å²) in [6, 6.07) is 4.61. The number of aliphatic hydroxyl groups excluding tert-OH is 1. The van der Waals surface area contributed by atoms with Crippen molar-refractivity contribution in [3.8, 4) is 0 Å². The summed E-state index contributed by atoms with van der Waals surface area (Å²) >= 11 is 0. The van der Waals surface area contributed by atoms with Crippen LogP contribution in [0.2, 0.25) is 0 Å². The maximum Gasteiger partial charge on any atom is 0.355 e. The molecule has 2 aliphatic rings. The van der Waals surface area contributed by atoms with Crippen molar-refractivity contribution >= 4 is 23.3 Å². The van der Waals surface area contributed by atoms with Gasteiger partial charge in [0.2, 0.25) is 0 Å². The topological polar surface area (TPSA) is 88.1 Å². The molecule has 2 N–H and O–H groups in total. The van der Waals surface area contributed by atoms with Crippen LogP contribution in [0, 0.1) is 5.82 Å². The van der Waals surface area contributed by atoms with E-state index in [1.54, 1.807) is 24.3 Å². The Morgan fingerprint density at radius 3 is 2.47 bits per heavy atom. The largest absolute Gasteiger partial charge is 0.465 e. The van der Waals surface area contributed by atoms with E-state index >= 15 is 4.39 Å². The van der Waals surface area contributed by atoms with Crippen molar-refractivity contribution in [1.29, 1.82) is 0 Å². The van der Waals surface area contributed by atoms with Gasteiger partial charge in [-0.05, 0) is 50.0 Å². The van der Waals surface area contributed by atoms with E-state index in [2.05, 4.69) is 5.32 Å². The predicted molar refractivity (Wildman–Crippen MR) is 110 cm³/mol. The molecule has 0 amide bonds. The lowest BCUT2D eigenvalue weighted by atomic mass is 9.93. The molecule has 1 heterocycles. The second-order valence-corrected chi connectivity index (χ2v) is 7.10. The van der Waals surface area contributed by atoms with E-state index in [-0.39, 0.29) is 29.1 Å². The van der Waals surface area contributed by atoms with Gasteiger partial charge in [-0.2, -0.15) is 0 Å². The Morgan fingerprint density at radius 2 is 1.80 bits per heavy atom. The molecule has 30 heavy (non-hydrogen) atoms. The van der Waals surface area contributed by atoms with Crippen LogP contribution in [-0.2, 0) is 19.1 Å². The molecule has 1 fully saturated rings. The first kappa shape index (κ1) is 21.6. The number of carbonyl (C=O) groups excluding carboxylic acids is 2. The number of hydrogen-bond donors (Lipinski definition) is 2. The number of hydrogen-bond acceptors (Lipinski definition) is 7. The number of nitrogens with one attached hydrogen (secondary N) is 1. The average Bonchev–Trinajstić information content (AvgIpc) is 2.97. The Hall–Kier alpha value is -3.13. The molecule has 0 atom stereocenters. The number of anilines is 2. The monoisotopic (exact) mass is 416 g/mol. The molecule has 8 heteroatoms. The quantitative estimate of drug-likeness (QED) is 0.714. The molecular formula is C22H25FN2O5. The molecular weight excluding hydrogens is 391 g/mol. The van der Waals surface area contributed by atoms with Crippen molar-refractivity contribution in [3.63, 3.8) is 0 Å². The van der Waals surface area contributed by atoms with E-state index in [4.69, 9.17) is 9.47 Å². The minimum Gasteiger partial charge on any atom is -0.465 e. The number of aliphatic hydroxyl groups is 1. The van der Waals surface area contributed by atoms with Crippen molar-refractivity contribution in [1.82, 2.24) is 0 Å². The number of para-hydroxylation sites is 1. The summed E-state index contributed by atoms with van der Waals surface area (Å²) in [6.45, 7) is 0. The van der Waals surface area contributed by atoms with Crippen LogP contribution in [0.25, 0.3) is 0 Å². The van der Waals surface area contributed by atoms with Gasteiger partial charge in [0.25, 0.3) is 0 Å². The number of carbonyl (C=O) groups is 2. The number of ether oxygens (including phenoxy) is 2. The van der Waals surface area contributed by atoms with Crippen molar-refractivity contribution in [2.75, 3.05) is 24.4 Å². The van der Waals surface area contributed by atoms with E-state index in [0.717, 1.165) is 12.8 Å². The van der Waals surface area contributed by atoms with Gasteiger partial charge in [-0.15, -0.1) is 0 Å². The van der Waals surface area contributed by atoms with Gasteiger partial charge in [-0.1, -0.05) is 12.1 Å². The summed E-state index contributed by atoms with van der Waals surface area (Å²) in [7, 11) is 2.39. The molecule has 1 aromatic rings. The van der Waals surface area contributed by atoms with Gasteiger partial charge >= 0.3 is 11.9 Å². The second kappa shape index (κ2) is 9.58. The summed E-state index contributed by atoms with van der Waals surface area (Å²) in [4.78, 5) is 26.2. The van der Waals surface area contributed by atoms with Crippen LogP contribution in [0.3, 0.4) is 0 Å². The number of benzene rings is 1. The molecule has 0 spiro atoms. The number of nitrogens with zero attached hydrogens (tertiary/aromatic N) is 1. The van der Waals surface area contributed by atoms with E-state index in [9.17, 15) is 14.7 Å². The van der Waals surface area contributed by atoms with Crippen LogP contribution in [0.4, 0.5) is 15.8 Å². The van der Waals surface area contributed by atoms with Crippen LogP contribution < -0.4 is 10.2 Å². The molecule has 1 aliphatic carbocycles. The first-order valence-corrected chi connectivity index (χ1v) is 9.74. The average molecular weight is 416 g/mol. The van der Waals surface area contributed by atoms with E-state index in [0.29, 0.717) is 18.5 Å². The highest BCUT2D eigenvalue weighted by Gasteiger charge is 2.31. The van der Waals surface area contributed by atoms with E-state index in [1.807, 2.05) is 0 Å². The third kappa shape index (κ3) is 4.54. The van der Waals surface area contributed by atoms with Crippen LogP contribution in [0.15, 0.2) is 53.9 Å². The fraction of sp³-hybridized carbons (Fsp3) is 0.364. The third-order valence-electron chi connectivity index (χ3n) is 5.17. The fourth-order valence-electron chi connectivity index (χ4n) is 3.65. The standard InChI is InChI=1S/C22H25FN2O5/c1-29-21(27)16-6-3-4-13-25(19(16)22(28)30-2)20-17(23)7-5-8-18(20)24-14-9-11-15(26)12-10-14/h3-8,13-15,24,26H,9-12H2,1-2H3. The molecule has 0 radical (unpaired) electrons. The smallest absolute Gasteiger partial charge is 0.355 e. The summed E-state index contributed by atoms with van der Waals surface area (Å²) in [6.07, 6.45) is 8.55. The van der Waals surface area contributed by atoms with Crippen molar-refractivity contribution in [2.45, 2.75) is 37.8 Å². The molecule has 0 saturated heterocycles. The number of esters is 2. The molecule has 3 rings (SSSR count). The SMILES string of the molecule is COC(=O)C1=C(C(=O)OC)N(c2c(F)cccc2NC2CCC(O)CC2)C=CC=C1. The van der Waals surface area contributed by atoms with Crippen molar-refractivity contribution in [2.24, 2.45) is 0 Å². The van der Waals surface area contributed by atoms with Gasteiger partial charge in [-0.25, -0.2) is 14.0 Å². The Bertz CT molecular complexity index is 901. The molecule has 1 saturated carbocycles. The zero-order chi connectivity index (χ0) is 21.7. The zero-order valence-electron chi connectivity index (χ0n) is 16.9. The number of allylic oxidation sites excluding steroid dienone is 2. The molecule has 0 bridgehead atoms. The van der Waals surface area contributed by atoms with Crippen molar-refractivity contribution in [3.05, 3.63) is 59.7 Å². The van der Waals surface area contributed by atoms with Crippen LogP contribution in [0.1, 0.15) is 25.7 Å². The highest BCUT2D eigenvalue weighted by molar-refractivity contribution is 6.06. The molecule has 7 nitrogen and oxygen atoms in total. The highest BCUT2D eigenvalue weighted by atomic mass is 19.1. The molecule has 0 aromatic heterocycles. The van der Waals surface area contributed by atoms with Crippen molar-refractivity contribution < 1.29 is 28.6 Å². The third-order valence-corrected chi connectivity index (χ3v) is 5.17. The zero-order valence-corrected chi connectivity index (χ0v) is 16.9. The second-order valence-electron chi connectivity index (χ2n) is 7.10. The van der Waals surface area contributed by atoms with Gasteiger partial charge in [0, 0.05) is 12.2 Å². The van der Waals surface area contributed by atoms with Gasteiger partial charge < -0.3 is 24.8 Å². The molecule has 1 aromatic carbocycles. The maximum atomic E-state index is 15.1. The lowest BCUT2D eigenvalue weighted by Gasteiger charge is -2.30. The molecule has 1 aliphatic heterocycles. The lowest BCUT2D eigenvalue weighted by Crippen LogP contribution is -2.31.